The molecule has 0 aliphatic rings. The van der Waals surface area contributed by atoms with Gasteiger partial charge in [0.15, 0.2) is 10.8 Å². The van der Waals surface area contributed by atoms with E-state index in [9.17, 15) is 14.0 Å². The second kappa shape index (κ2) is 9.62. The number of halogens is 1. The molecule has 0 fully saturated rings. The zero-order chi connectivity index (χ0) is 21.5. The van der Waals surface area contributed by atoms with Crippen LogP contribution in [0.4, 0.5) is 20.2 Å². The van der Waals surface area contributed by atoms with Gasteiger partial charge in [0.2, 0.25) is 0 Å². The van der Waals surface area contributed by atoms with E-state index in [1.54, 1.807) is 7.05 Å². The summed E-state index contributed by atoms with van der Waals surface area (Å²) in [5, 5.41) is 9.74. The van der Waals surface area contributed by atoms with Crippen LogP contribution in [0.5, 0.6) is 0 Å². The molecule has 152 valence electrons. The molecule has 8 heteroatoms. The van der Waals surface area contributed by atoms with Crippen LogP contribution in [0.15, 0.2) is 66.7 Å². The Labute approximate surface area is 176 Å². The number of hydrogen-bond acceptors (Lipinski definition) is 6. The molecule has 4 rings (SSSR count). The number of primary amides is 1. The molecule has 4 N–H and O–H groups in total. The number of nitrogens with one attached hydrogen (secondary N) is 2. The van der Waals surface area contributed by atoms with E-state index in [1.807, 2.05) is 30.3 Å². The molecule has 0 bridgehead atoms. The van der Waals surface area contributed by atoms with Crippen molar-refractivity contribution in [1.82, 2.24) is 4.98 Å². The second-order valence-corrected chi connectivity index (χ2v) is 7.17. The molecule has 0 aliphatic heterocycles. The van der Waals surface area contributed by atoms with E-state index in [4.69, 9.17) is 5.73 Å². The normalized spacial score (nSPS) is 10.1. The van der Waals surface area contributed by atoms with Gasteiger partial charge in [-0.2, -0.15) is 0 Å². The molecule has 0 aliphatic carbocycles. The Bertz CT molecular complexity index is 1180. The first-order chi connectivity index (χ1) is 14.5. The summed E-state index contributed by atoms with van der Waals surface area (Å²) in [5.41, 5.74) is 6.98. The van der Waals surface area contributed by atoms with Gasteiger partial charge in [0.25, 0.3) is 5.91 Å². The number of thiazole rings is 1. The highest BCUT2D eigenvalue weighted by Gasteiger charge is 2.14. The molecule has 3 aromatic carbocycles. The lowest BCUT2D eigenvalue weighted by Gasteiger charge is -2.04. The van der Waals surface area contributed by atoms with Crippen LogP contribution in [0.2, 0.25) is 0 Å². The number of benzene rings is 3. The van der Waals surface area contributed by atoms with Crippen LogP contribution in [-0.4, -0.2) is 24.2 Å². The van der Waals surface area contributed by atoms with E-state index in [1.165, 1.54) is 41.0 Å². The molecule has 0 saturated heterocycles. The van der Waals surface area contributed by atoms with Crippen molar-refractivity contribution in [3.05, 3.63) is 83.8 Å². The summed E-state index contributed by atoms with van der Waals surface area (Å²) >= 11 is 1.35. The molecule has 1 heterocycles. The Kier molecular flexibility index (Phi) is 6.71. The molecule has 0 unspecified atom stereocenters. The minimum absolute atomic E-state index is 0.255. The molecule has 0 atom stereocenters. The van der Waals surface area contributed by atoms with Gasteiger partial charge in [-0.05, 0) is 47.2 Å². The van der Waals surface area contributed by atoms with Gasteiger partial charge in [-0.3, -0.25) is 9.59 Å². The van der Waals surface area contributed by atoms with Crippen molar-refractivity contribution in [2.75, 3.05) is 17.7 Å². The zero-order valence-electron chi connectivity index (χ0n) is 16.1. The molecule has 1 aromatic heterocycles. The first kappa shape index (κ1) is 20.9. The van der Waals surface area contributed by atoms with E-state index >= 15 is 0 Å². The molecule has 0 spiro atoms. The van der Waals surface area contributed by atoms with Crippen LogP contribution < -0.4 is 16.4 Å². The number of amides is 1. The van der Waals surface area contributed by atoms with Crippen molar-refractivity contribution in [3.8, 4) is 0 Å². The Morgan fingerprint density at radius 2 is 1.77 bits per heavy atom. The number of aromatic nitrogens is 1. The van der Waals surface area contributed by atoms with E-state index in [2.05, 4.69) is 27.8 Å². The number of fused-ring (bicyclic) bond motifs is 1. The van der Waals surface area contributed by atoms with Gasteiger partial charge in [0.1, 0.15) is 17.1 Å². The van der Waals surface area contributed by atoms with Crippen LogP contribution in [0, 0.1) is 5.82 Å². The van der Waals surface area contributed by atoms with Gasteiger partial charge in [0.05, 0.1) is 0 Å². The average Bonchev–Trinajstić information content (AvgIpc) is 3.18. The number of carbonyl (C=O) groups is 2. The fourth-order valence-electron chi connectivity index (χ4n) is 2.64. The summed E-state index contributed by atoms with van der Waals surface area (Å²) in [6, 6.07) is 19.6. The minimum Gasteiger partial charge on any atom is -0.378 e. The molecule has 0 saturated carbocycles. The highest BCUT2D eigenvalue weighted by Crippen LogP contribution is 2.30. The summed E-state index contributed by atoms with van der Waals surface area (Å²) in [4.78, 5) is 25.5. The lowest BCUT2D eigenvalue weighted by Crippen LogP contribution is -2.13. The highest BCUT2D eigenvalue weighted by atomic mass is 32.1. The fraction of sp³-hybridized carbons (Fsp3) is 0.0455. The fourth-order valence-corrected chi connectivity index (χ4v) is 3.49. The van der Waals surface area contributed by atoms with Crippen LogP contribution in [-0.2, 0) is 0 Å². The summed E-state index contributed by atoms with van der Waals surface area (Å²) < 4.78 is 12.1. The van der Waals surface area contributed by atoms with Crippen molar-refractivity contribution in [2.24, 2.45) is 5.73 Å². The molecule has 6 nitrogen and oxygen atoms in total. The summed E-state index contributed by atoms with van der Waals surface area (Å²) in [6.45, 7) is 0. The second-order valence-electron chi connectivity index (χ2n) is 6.17. The maximum atomic E-state index is 12.1. The van der Waals surface area contributed by atoms with Crippen LogP contribution in [0.1, 0.15) is 20.8 Å². The maximum Gasteiger partial charge on any atom is 0.270 e. The van der Waals surface area contributed by atoms with Gasteiger partial charge >= 0.3 is 0 Å². The Morgan fingerprint density at radius 1 is 1.07 bits per heavy atom. The standard InChI is InChI=1S/C15H14N4OS.C7H5FO/c1-17-14-12(13(16)20)19-15(21-14)18-11-7-6-9-4-2-3-5-10(9)8-11;8-7-3-1-6(5-9)2-4-7/h2-8,17H,1H3,(H2,16,20)(H,18,19);1-5H. The van der Waals surface area contributed by atoms with E-state index in [0.29, 0.717) is 22.0 Å². The highest BCUT2D eigenvalue weighted by molar-refractivity contribution is 7.19. The monoisotopic (exact) mass is 422 g/mol. The number of aldehydes is 1. The quantitative estimate of drug-likeness (QED) is 0.401. The third kappa shape index (κ3) is 5.18. The molecule has 4 aromatic rings. The van der Waals surface area contributed by atoms with Crippen LogP contribution >= 0.6 is 11.3 Å². The summed E-state index contributed by atoms with van der Waals surface area (Å²) in [5.74, 6) is -0.859. The smallest absolute Gasteiger partial charge is 0.270 e. The topological polar surface area (TPSA) is 97.1 Å². The zero-order valence-corrected chi connectivity index (χ0v) is 16.9. The number of hydrogen-bond donors (Lipinski definition) is 3. The van der Waals surface area contributed by atoms with Crippen LogP contribution in [0.25, 0.3) is 10.8 Å². The van der Waals surface area contributed by atoms with Gasteiger partial charge in [0, 0.05) is 18.3 Å². The SMILES string of the molecule is CNc1sc(Nc2ccc3ccccc3c2)nc1C(N)=O.O=Cc1ccc(F)cc1. The van der Waals surface area contributed by atoms with Crippen molar-refractivity contribution in [3.63, 3.8) is 0 Å². The van der Waals surface area contributed by atoms with Crippen molar-refractivity contribution in [1.29, 1.82) is 0 Å². The number of rotatable bonds is 5. The molecular weight excluding hydrogens is 403 g/mol. The van der Waals surface area contributed by atoms with Crippen LogP contribution in [0.3, 0.4) is 0 Å². The first-order valence-electron chi connectivity index (χ1n) is 8.95. The van der Waals surface area contributed by atoms with E-state index in [-0.39, 0.29) is 11.5 Å². The Morgan fingerprint density at radius 3 is 2.37 bits per heavy atom. The van der Waals surface area contributed by atoms with Gasteiger partial charge in [-0.25, -0.2) is 9.37 Å². The number of anilines is 3. The Balaban J connectivity index is 0.000000239. The maximum absolute atomic E-state index is 12.1. The van der Waals surface area contributed by atoms with Gasteiger partial charge < -0.3 is 16.4 Å². The number of nitrogens with zero attached hydrogens (tertiary/aromatic N) is 1. The predicted octanol–water partition coefficient (Wildman–Crippen LogP) is 4.82. The van der Waals surface area contributed by atoms with E-state index in [0.717, 1.165) is 11.1 Å². The number of nitrogens with two attached hydrogens (primary N) is 1. The lowest BCUT2D eigenvalue weighted by molar-refractivity contribution is 0.0996. The third-order valence-corrected chi connectivity index (χ3v) is 5.08. The summed E-state index contributed by atoms with van der Waals surface area (Å²) in [7, 11) is 1.74. The molecule has 1 amide bonds. The van der Waals surface area contributed by atoms with Crippen molar-refractivity contribution < 1.29 is 14.0 Å². The first-order valence-corrected chi connectivity index (χ1v) is 9.76. The molecular formula is C22H19FN4O2S. The number of carbonyl (C=O) groups excluding carboxylic acids is 2. The van der Waals surface area contributed by atoms with Gasteiger partial charge in [-0.1, -0.05) is 41.7 Å². The lowest BCUT2D eigenvalue weighted by atomic mass is 10.1. The average molecular weight is 422 g/mol. The largest absolute Gasteiger partial charge is 0.378 e. The predicted molar refractivity (Wildman–Crippen MR) is 119 cm³/mol. The van der Waals surface area contributed by atoms with E-state index < -0.39 is 5.91 Å². The molecule has 0 radical (unpaired) electrons. The Hall–Kier alpha value is -3.78. The van der Waals surface area contributed by atoms with Gasteiger partial charge in [-0.15, -0.1) is 0 Å². The minimum atomic E-state index is -0.540. The van der Waals surface area contributed by atoms with Crippen molar-refractivity contribution in [2.45, 2.75) is 0 Å². The third-order valence-electron chi connectivity index (χ3n) is 4.09. The summed E-state index contributed by atoms with van der Waals surface area (Å²) in [6.07, 6.45) is 0.680. The van der Waals surface area contributed by atoms with Crippen molar-refractivity contribution >= 4 is 50.1 Å². The molecule has 30 heavy (non-hydrogen) atoms.